The molecule has 138 valence electrons. The summed E-state index contributed by atoms with van der Waals surface area (Å²) < 4.78 is 18.1. The zero-order valence-corrected chi connectivity index (χ0v) is 16.4. The Morgan fingerprint density at radius 1 is 1.07 bits per heavy atom. The lowest BCUT2D eigenvalue weighted by Gasteiger charge is -2.22. The fraction of sp³-hybridized carbons (Fsp3) is 0.0556. The third-order valence-corrected chi connectivity index (χ3v) is 4.97. The quantitative estimate of drug-likeness (QED) is 0.493. The molecular formula is C18H13BCl2FNO3S. The average Bonchev–Trinajstić information content (AvgIpc) is 2.67. The van der Waals surface area contributed by atoms with Gasteiger partial charge < -0.3 is 14.7 Å². The van der Waals surface area contributed by atoms with Gasteiger partial charge in [-0.2, -0.15) is 0 Å². The van der Waals surface area contributed by atoms with Gasteiger partial charge in [0.1, 0.15) is 5.75 Å². The normalized spacial score (nSPS) is 10.7. The largest absolute Gasteiger partial charge is 0.531 e. The van der Waals surface area contributed by atoms with E-state index in [1.54, 1.807) is 13.1 Å². The van der Waals surface area contributed by atoms with E-state index in [9.17, 15) is 9.55 Å². The number of hydrogen-bond acceptors (Lipinski definition) is 4. The van der Waals surface area contributed by atoms with E-state index >= 15 is 0 Å². The number of thiocarbonyl (C=S) groups is 1. The number of anilines is 1. The molecule has 0 spiro atoms. The molecule has 0 aliphatic rings. The Hall–Kier alpha value is -1.90. The minimum atomic E-state index is -1.84. The van der Waals surface area contributed by atoms with Crippen LogP contribution in [0.1, 0.15) is 0 Å². The SMILES string of the molecule is CN(C(=S)Oc1ccc2ccccc2c1)c1cc(B(O)OF)c(Cl)cc1Cl. The molecule has 1 N–H and O–H groups in total. The van der Waals surface area contributed by atoms with E-state index in [-0.39, 0.29) is 20.7 Å². The number of rotatable bonds is 4. The molecule has 0 aliphatic carbocycles. The lowest BCUT2D eigenvalue weighted by atomic mass is 9.80. The Balaban J connectivity index is 1.86. The predicted molar refractivity (Wildman–Crippen MR) is 112 cm³/mol. The van der Waals surface area contributed by atoms with Gasteiger partial charge in [-0.05, 0) is 47.3 Å². The molecule has 0 unspecified atom stereocenters. The first-order valence-corrected chi connectivity index (χ1v) is 8.96. The van der Waals surface area contributed by atoms with Crippen molar-refractivity contribution in [1.82, 2.24) is 0 Å². The topological polar surface area (TPSA) is 41.9 Å². The molecule has 0 saturated heterocycles. The van der Waals surface area contributed by atoms with Crippen LogP contribution in [-0.2, 0) is 4.86 Å². The van der Waals surface area contributed by atoms with Crippen LogP contribution in [0.5, 0.6) is 5.75 Å². The van der Waals surface area contributed by atoms with Crippen LogP contribution < -0.4 is 15.1 Å². The van der Waals surface area contributed by atoms with E-state index in [0.717, 1.165) is 10.8 Å². The van der Waals surface area contributed by atoms with Gasteiger partial charge in [0.25, 0.3) is 5.17 Å². The first-order valence-electron chi connectivity index (χ1n) is 7.79. The van der Waals surface area contributed by atoms with Crippen LogP contribution in [0.25, 0.3) is 10.8 Å². The van der Waals surface area contributed by atoms with Gasteiger partial charge in [-0.1, -0.05) is 58.1 Å². The number of nitrogens with zero attached hydrogens (tertiary/aromatic N) is 1. The molecule has 0 atom stereocenters. The molecule has 3 rings (SSSR count). The van der Waals surface area contributed by atoms with Gasteiger partial charge in [-0.3, -0.25) is 0 Å². The van der Waals surface area contributed by atoms with Gasteiger partial charge in [0.05, 0.1) is 10.7 Å². The first-order chi connectivity index (χ1) is 12.9. The minimum Gasteiger partial charge on any atom is -0.432 e. The molecule has 9 heteroatoms. The van der Waals surface area contributed by atoms with Crippen molar-refractivity contribution < 1.29 is 19.1 Å². The number of halogens is 3. The molecular weight excluding hydrogens is 411 g/mol. The lowest BCUT2D eigenvalue weighted by Crippen LogP contribution is -2.35. The summed E-state index contributed by atoms with van der Waals surface area (Å²) in [6.45, 7) is 0. The van der Waals surface area contributed by atoms with Crippen LogP contribution in [0.15, 0.2) is 54.6 Å². The predicted octanol–water partition coefficient (Wildman–Crippen LogP) is 4.54. The van der Waals surface area contributed by atoms with Gasteiger partial charge in [0.15, 0.2) is 0 Å². The highest BCUT2D eigenvalue weighted by molar-refractivity contribution is 7.80. The fourth-order valence-electron chi connectivity index (χ4n) is 2.55. The van der Waals surface area contributed by atoms with Gasteiger partial charge in [0.2, 0.25) is 0 Å². The van der Waals surface area contributed by atoms with Crippen LogP contribution in [-0.4, -0.2) is 24.4 Å². The number of ether oxygens (including phenoxy) is 1. The van der Waals surface area contributed by atoms with Gasteiger partial charge in [-0.25, -0.2) is 4.86 Å². The highest BCUT2D eigenvalue weighted by atomic mass is 35.5. The van der Waals surface area contributed by atoms with Crippen molar-refractivity contribution >= 4 is 69.6 Å². The summed E-state index contributed by atoms with van der Waals surface area (Å²) in [5.74, 6) is 0.558. The third-order valence-electron chi connectivity index (χ3n) is 3.98. The van der Waals surface area contributed by atoms with E-state index in [1.807, 2.05) is 36.4 Å². The lowest BCUT2D eigenvalue weighted by molar-refractivity contribution is -0.0267. The minimum absolute atomic E-state index is 0.0129. The Morgan fingerprint density at radius 3 is 2.48 bits per heavy atom. The monoisotopic (exact) mass is 423 g/mol. The van der Waals surface area contributed by atoms with Crippen LogP contribution >= 0.6 is 35.4 Å². The number of fused-ring (bicyclic) bond motifs is 1. The number of benzene rings is 3. The maximum Gasteiger partial charge on any atom is 0.531 e. The molecule has 3 aromatic carbocycles. The zero-order valence-electron chi connectivity index (χ0n) is 14.0. The smallest absolute Gasteiger partial charge is 0.432 e. The molecule has 27 heavy (non-hydrogen) atoms. The van der Waals surface area contributed by atoms with Crippen molar-refractivity contribution in [2.75, 3.05) is 11.9 Å². The van der Waals surface area contributed by atoms with Gasteiger partial charge >= 0.3 is 7.12 Å². The molecule has 0 aliphatic heterocycles. The summed E-state index contributed by atoms with van der Waals surface area (Å²) in [6, 6.07) is 16.2. The second-order valence-corrected chi connectivity index (χ2v) is 6.87. The Morgan fingerprint density at radius 2 is 1.78 bits per heavy atom. The molecule has 4 nitrogen and oxygen atoms in total. The zero-order chi connectivity index (χ0) is 19.6. The molecule has 3 aromatic rings. The summed E-state index contributed by atoms with van der Waals surface area (Å²) in [5.41, 5.74) is 0.386. The summed E-state index contributed by atoms with van der Waals surface area (Å²) in [5, 5.41) is 12.1. The average molecular weight is 424 g/mol. The van der Waals surface area contributed by atoms with E-state index in [4.69, 9.17) is 40.2 Å². The third kappa shape index (κ3) is 4.34. The second kappa shape index (κ2) is 8.41. The van der Waals surface area contributed by atoms with Crippen molar-refractivity contribution in [3.63, 3.8) is 0 Å². The van der Waals surface area contributed by atoms with Crippen LogP contribution in [0.3, 0.4) is 0 Å². The van der Waals surface area contributed by atoms with E-state index in [0.29, 0.717) is 11.4 Å². The van der Waals surface area contributed by atoms with Crippen molar-refractivity contribution in [2.24, 2.45) is 0 Å². The van der Waals surface area contributed by atoms with Gasteiger partial charge in [0, 0.05) is 17.5 Å². The van der Waals surface area contributed by atoms with Crippen molar-refractivity contribution in [1.29, 1.82) is 0 Å². The summed E-state index contributed by atoms with van der Waals surface area (Å²) in [6.07, 6.45) is 0. The van der Waals surface area contributed by atoms with E-state index < -0.39 is 7.12 Å². The Kier molecular flexibility index (Phi) is 6.19. The summed E-state index contributed by atoms with van der Waals surface area (Å²) in [4.78, 5) is 4.92. The molecule has 0 aromatic heterocycles. The molecule has 0 fully saturated rings. The standard InChI is InChI=1S/C18H13BCl2FNO3S/c1-23(17-9-14(19(24)26-22)15(20)10-16(17)21)18(27)25-13-7-6-11-4-2-3-5-12(11)8-13/h2-10,24H,1H3. The van der Waals surface area contributed by atoms with E-state index in [1.165, 1.54) is 17.0 Å². The molecule has 0 bridgehead atoms. The highest BCUT2D eigenvalue weighted by Crippen LogP contribution is 2.29. The summed E-state index contributed by atoms with van der Waals surface area (Å²) >= 11 is 17.5. The first kappa shape index (κ1) is 19.9. The van der Waals surface area contributed by atoms with Crippen LogP contribution in [0, 0.1) is 0 Å². The number of hydrogen-bond donors (Lipinski definition) is 1. The highest BCUT2D eigenvalue weighted by Gasteiger charge is 2.24. The van der Waals surface area contributed by atoms with Crippen LogP contribution in [0.2, 0.25) is 10.0 Å². The Bertz CT molecular complexity index is 1010. The molecule has 0 radical (unpaired) electrons. The fourth-order valence-corrected chi connectivity index (χ4v) is 3.34. The van der Waals surface area contributed by atoms with Crippen molar-refractivity contribution in [3.05, 3.63) is 64.6 Å². The molecule has 0 heterocycles. The van der Waals surface area contributed by atoms with Crippen molar-refractivity contribution in [2.45, 2.75) is 0 Å². The van der Waals surface area contributed by atoms with Crippen molar-refractivity contribution in [3.8, 4) is 5.75 Å². The van der Waals surface area contributed by atoms with E-state index in [2.05, 4.69) is 4.86 Å². The molecule has 0 amide bonds. The van der Waals surface area contributed by atoms with Gasteiger partial charge in [-0.15, -0.1) is 0 Å². The Labute approximate surface area is 171 Å². The summed E-state index contributed by atoms with van der Waals surface area (Å²) in [7, 11) is -0.206. The second-order valence-electron chi connectivity index (χ2n) is 5.70. The maximum absolute atomic E-state index is 12.4. The molecule has 0 saturated carbocycles. The van der Waals surface area contributed by atoms with Crippen LogP contribution in [0.4, 0.5) is 10.2 Å². The maximum atomic E-state index is 12.4.